The second-order valence-corrected chi connectivity index (χ2v) is 7.41. The van der Waals surface area contributed by atoms with Crippen molar-refractivity contribution in [3.05, 3.63) is 23.2 Å². The third kappa shape index (κ3) is 5.26. The van der Waals surface area contributed by atoms with Crippen LogP contribution in [-0.4, -0.2) is 69.7 Å². The summed E-state index contributed by atoms with van der Waals surface area (Å²) in [6.07, 6.45) is 1.11. The molecule has 0 saturated carbocycles. The smallest absolute Gasteiger partial charge is 0.543 e. The molecule has 13 nitrogen and oxygen atoms in total. The molecule has 2 aliphatic rings. The molecule has 0 unspecified atom stereocenters. The quantitative estimate of drug-likeness (QED) is 0.120. The number of amides is 2. The molecule has 1 saturated heterocycles. The number of anilines is 1. The summed E-state index contributed by atoms with van der Waals surface area (Å²) in [6.45, 7) is 2.73. The number of carbonyl (C=O) groups excluding carboxylic acids is 4. The minimum Gasteiger partial charge on any atom is -0.543 e. The van der Waals surface area contributed by atoms with Gasteiger partial charge < -0.3 is 34.9 Å². The number of oxime groups is 1. The van der Waals surface area contributed by atoms with Crippen LogP contribution in [0.5, 0.6) is 0 Å². The summed E-state index contributed by atoms with van der Waals surface area (Å²) in [6, 6.07) is -1.22. The van der Waals surface area contributed by atoms with Crippen molar-refractivity contribution in [2.24, 2.45) is 5.16 Å². The van der Waals surface area contributed by atoms with Gasteiger partial charge in [0.25, 0.3) is 17.8 Å². The van der Waals surface area contributed by atoms with E-state index in [1.165, 1.54) is 18.7 Å². The minimum atomic E-state index is -1.58. The molecule has 2 aliphatic heterocycles. The van der Waals surface area contributed by atoms with Crippen molar-refractivity contribution < 1.29 is 67.8 Å². The monoisotopic (exact) mass is 475 g/mol. The zero-order valence-electron chi connectivity index (χ0n) is 17.4. The van der Waals surface area contributed by atoms with Crippen LogP contribution >= 0.6 is 11.8 Å². The zero-order chi connectivity index (χ0) is 22.7. The number of ether oxygens (including phenoxy) is 1. The number of hydrogen-bond donors (Lipinski definition) is 2. The van der Waals surface area contributed by atoms with Crippen LogP contribution in [0, 0.1) is 0 Å². The van der Waals surface area contributed by atoms with Gasteiger partial charge in [0.2, 0.25) is 0 Å². The molecule has 1 aromatic rings. The molecule has 0 aromatic carbocycles. The second kappa shape index (κ2) is 10.8. The Hall–Kier alpha value is -2.55. The second-order valence-electron chi connectivity index (χ2n) is 6.31. The van der Waals surface area contributed by atoms with E-state index < -0.39 is 35.2 Å². The van der Waals surface area contributed by atoms with Crippen molar-refractivity contribution >= 4 is 47.2 Å². The Morgan fingerprint density at radius 2 is 2.19 bits per heavy atom. The first-order valence-corrected chi connectivity index (χ1v) is 10.0. The molecular weight excluding hydrogens is 457 g/mol. The van der Waals surface area contributed by atoms with E-state index >= 15 is 0 Å². The van der Waals surface area contributed by atoms with Crippen LogP contribution in [-0.2, 0) is 28.8 Å². The van der Waals surface area contributed by atoms with Crippen LogP contribution in [0.2, 0.25) is 0 Å². The van der Waals surface area contributed by atoms with Gasteiger partial charge in [0.05, 0.1) is 11.7 Å². The number of rotatable bonds is 8. The van der Waals surface area contributed by atoms with Crippen LogP contribution in [0.1, 0.15) is 19.5 Å². The molecule has 0 radical (unpaired) electrons. The third-order valence-electron chi connectivity index (χ3n) is 4.24. The van der Waals surface area contributed by atoms with Crippen molar-refractivity contribution in [1.82, 2.24) is 15.2 Å². The van der Waals surface area contributed by atoms with Gasteiger partial charge in [0.15, 0.2) is 5.71 Å². The number of thioether (sulfide) groups is 1. The number of hydrogen-bond acceptors (Lipinski definition) is 12. The number of aliphatic carboxylic acids is 1. The van der Waals surface area contributed by atoms with Gasteiger partial charge in [-0.25, -0.2) is 0 Å². The Morgan fingerprint density at radius 1 is 1.47 bits per heavy atom. The number of aromatic nitrogens is 1. The normalized spacial score (nSPS) is 20.0. The zero-order valence-corrected chi connectivity index (χ0v) is 20.3. The summed E-state index contributed by atoms with van der Waals surface area (Å²) in [5.74, 6) is -3.46. The molecular formula is C17H18N5NaO8S. The van der Waals surface area contributed by atoms with Crippen LogP contribution in [0.3, 0.4) is 0 Å². The van der Waals surface area contributed by atoms with E-state index in [2.05, 4.69) is 15.5 Å². The Kier molecular flexibility index (Phi) is 8.72. The van der Waals surface area contributed by atoms with Gasteiger partial charge in [-0.2, -0.15) is 4.98 Å². The summed E-state index contributed by atoms with van der Waals surface area (Å²) in [4.78, 5) is 57.8. The largest absolute Gasteiger partial charge is 1.00 e. The number of nitrogens with two attached hydrogens (primary N) is 1. The number of nitrogen functional groups attached to an aromatic ring is 1. The minimum absolute atomic E-state index is 0. The average Bonchev–Trinajstić information content (AvgIpc) is 3.15. The maximum atomic E-state index is 12.7. The molecule has 166 valence electrons. The van der Waals surface area contributed by atoms with Crippen molar-refractivity contribution in [2.45, 2.75) is 25.3 Å². The third-order valence-corrected chi connectivity index (χ3v) is 5.58. The number of nitrogens with one attached hydrogen (secondary N) is 1. The maximum Gasteiger partial charge on any atom is 1.00 e. The summed E-state index contributed by atoms with van der Waals surface area (Å²) in [5.41, 5.74) is 5.03. The molecule has 1 fully saturated rings. The van der Waals surface area contributed by atoms with Gasteiger partial charge in [-0.1, -0.05) is 5.16 Å². The van der Waals surface area contributed by atoms with E-state index in [0.717, 1.165) is 11.2 Å². The van der Waals surface area contributed by atoms with Crippen LogP contribution in [0.25, 0.3) is 0 Å². The Balaban J connectivity index is 0.00000363. The summed E-state index contributed by atoms with van der Waals surface area (Å²) < 4.78 is 9.73. The Morgan fingerprint density at radius 3 is 2.75 bits per heavy atom. The number of nitrogens with zero attached hydrogens (tertiary/aromatic N) is 3. The molecule has 1 aromatic heterocycles. The first-order valence-electron chi connectivity index (χ1n) is 8.98. The number of oxazole rings is 1. The van der Waals surface area contributed by atoms with Gasteiger partial charge >= 0.3 is 35.5 Å². The fourth-order valence-electron chi connectivity index (χ4n) is 2.91. The van der Waals surface area contributed by atoms with Crippen LogP contribution in [0.4, 0.5) is 6.01 Å². The fourth-order valence-corrected chi connectivity index (χ4v) is 4.24. The summed E-state index contributed by atoms with van der Waals surface area (Å²) in [5, 5.41) is 17.1. The van der Waals surface area contributed by atoms with E-state index in [4.69, 9.17) is 19.7 Å². The maximum absolute atomic E-state index is 12.7. The predicted molar refractivity (Wildman–Crippen MR) is 103 cm³/mol. The topological polar surface area (TPSA) is 189 Å². The van der Waals surface area contributed by atoms with E-state index in [9.17, 15) is 24.3 Å². The number of β-lactam (4-membered cyclic amide) rings is 1. The molecule has 2 atom stereocenters. The standard InChI is InChI=1S/C17H19N5O8S.Na/c1-3-30-21-10(9-5-29-17(18)19-9)13(24)20-11-14(25)22-12(16(26)27)8(4-28-7(2)23)6-31-15(11)22;/h5,11,15H,3-4,6H2,1-2H3,(H2,18,19)(H,20,24)(H,26,27);/q;+1/p-1/b21-10-;/t11-,15-;/m1./s1. The number of carboxylic acid groups (broad SMARTS) is 1. The summed E-state index contributed by atoms with van der Waals surface area (Å²) in [7, 11) is 0. The number of carbonyl (C=O) groups is 4. The first kappa shape index (κ1) is 25.7. The molecule has 3 heterocycles. The van der Waals surface area contributed by atoms with Gasteiger partial charge in [0, 0.05) is 18.2 Å². The van der Waals surface area contributed by atoms with Gasteiger partial charge in [-0.3, -0.25) is 19.3 Å². The molecule has 0 bridgehead atoms. The molecule has 3 N–H and O–H groups in total. The van der Waals surface area contributed by atoms with Crippen molar-refractivity contribution in [2.75, 3.05) is 24.7 Å². The molecule has 2 amide bonds. The van der Waals surface area contributed by atoms with E-state index in [1.54, 1.807) is 6.92 Å². The first-order chi connectivity index (χ1) is 14.7. The SMILES string of the molecule is CCO/N=C(\C(=O)N[C@@H]1C(=O)N2C(C(=O)[O-])=C(COC(C)=O)CS[C@H]12)c1coc(N)n1.[Na+]. The van der Waals surface area contributed by atoms with Gasteiger partial charge in [-0.15, -0.1) is 11.8 Å². The summed E-state index contributed by atoms with van der Waals surface area (Å²) >= 11 is 1.20. The molecule has 32 heavy (non-hydrogen) atoms. The number of fused-ring (bicyclic) bond motifs is 1. The van der Waals surface area contributed by atoms with Crippen LogP contribution in [0.15, 0.2) is 27.1 Å². The molecule has 0 spiro atoms. The molecule has 15 heteroatoms. The van der Waals surface area contributed by atoms with E-state index in [-0.39, 0.29) is 77.2 Å². The van der Waals surface area contributed by atoms with Crippen LogP contribution < -0.4 is 45.7 Å². The molecule has 3 rings (SSSR count). The predicted octanol–water partition coefficient (Wildman–Crippen LogP) is -5.03. The van der Waals surface area contributed by atoms with E-state index in [0.29, 0.717) is 0 Å². The average molecular weight is 475 g/mol. The van der Waals surface area contributed by atoms with E-state index in [1.807, 2.05) is 0 Å². The Bertz CT molecular complexity index is 993. The van der Waals surface area contributed by atoms with Crippen molar-refractivity contribution in [3.63, 3.8) is 0 Å². The number of carboxylic acids is 1. The Labute approximate surface area is 208 Å². The molecule has 0 aliphatic carbocycles. The van der Waals surface area contributed by atoms with Gasteiger partial charge in [0.1, 0.15) is 36.6 Å². The van der Waals surface area contributed by atoms with Gasteiger partial charge in [-0.05, 0) is 6.92 Å². The fraction of sp³-hybridized carbons (Fsp3) is 0.412. The van der Waals surface area contributed by atoms with Crippen molar-refractivity contribution in [3.8, 4) is 0 Å². The number of esters is 1. The van der Waals surface area contributed by atoms with Crippen molar-refractivity contribution in [1.29, 1.82) is 0 Å².